The summed E-state index contributed by atoms with van der Waals surface area (Å²) in [6.07, 6.45) is -5.93. The van der Waals surface area contributed by atoms with Gasteiger partial charge in [0, 0.05) is 17.7 Å². The number of rotatable bonds is 6. The highest BCUT2D eigenvalue weighted by molar-refractivity contribution is 7.12. The minimum absolute atomic E-state index is 0.120. The zero-order valence-corrected chi connectivity index (χ0v) is 13.6. The number of ketones is 1. The molecule has 7 nitrogen and oxygen atoms in total. The summed E-state index contributed by atoms with van der Waals surface area (Å²) in [5, 5.41) is 15.1. The quantitative estimate of drug-likeness (QED) is 0.355. The van der Waals surface area contributed by atoms with Crippen LogP contribution in [0.4, 0.5) is 18.9 Å². The van der Waals surface area contributed by atoms with Crippen molar-refractivity contribution in [3.8, 4) is 0 Å². The summed E-state index contributed by atoms with van der Waals surface area (Å²) in [5.41, 5.74) is -0.133. The summed E-state index contributed by atoms with van der Waals surface area (Å²) in [4.78, 5) is 33.7. The first kappa shape index (κ1) is 19.2. The summed E-state index contributed by atoms with van der Waals surface area (Å²) < 4.78 is 39.0. The van der Waals surface area contributed by atoms with Gasteiger partial charge in [-0.1, -0.05) is 6.07 Å². The average molecular weight is 385 g/mol. The zero-order valence-electron chi connectivity index (χ0n) is 12.8. The molecule has 1 N–H and O–H groups in total. The Kier molecular flexibility index (Phi) is 5.82. The van der Waals surface area contributed by atoms with Crippen molar-refractivity contribution < 1.29 is 27.7 Å². The molecule has 0 aliphatic carbocycles. The maximum Gasteiger partial charge on any atom is 0.431 e. The van der Waals surface area contributed by atoms with Gasteiger partial charge in [-0.3, -0.25) is 19.7 Å². The summed E-state index contributed by atoms with van der Waals surface area (Å²) in [6.45, 7) is 0. The topological polar surface area (TPSA) is 102 Å². The van der Waals surface area contributed by atoms with Crippen LogP contribution in [0, 0.1) is 10.1 Å². The van der Waals surface area contributed by atoms with Gasteiger partial charge in [-0.15, -0.1) is 11.3 Å². The van der Waals surface area contributed by atoms with E-state index in [1.165, 1.54) is 12.1 Å². The predicted octanol–water partition coefficient (Wildman–Crippen LogP) is 3.58. The Hall–Kier alpha value is -3.08. The fourth-order valence-corrected chi connectivity index (χ4v) is 2.46. The number of hydrogen-bond acceptors (Lipinski definition) is 6. The maximum absolute atomic E-state index is 13.0. The lowest BCUT2D eigenvalue weighted by molar-refractivity contribution is -0.384. The van der Waals surface area contributed by atoms with Crippen LogP contribution in [0.5, 0.6) is 0 Å². The Bertz CT molecular complexity index is 846. The third-order valence-electron chi connectivity index (χ3n) is 3.08. The number of carbonyl (C=O) groups is 2. The first-order valence-corrected chi connectivity index (χ1v) is 7.81. The SMILES string of the molecule is O=C(N/N=C(\CC(=O)c1cccs1)C(F)(F)F)c1ccc([N+](=O)[O-])cc1. The number of nitrogens with one attached hydrogen (secondary N) is 1. The molecule has 1 aromatic heterocycles. The third kappa shape index (κ3) is 4.96. The molecule has 0 fully saturated rings. The predicted molar refractivity (Wildman–Crippen MR) is 87.3 cm³/mol. The van der Waals surface area contributed by atoms with Crippen LogP contribution in [0.25, 0.3) is 0 Å². The molecule has 0 atom stereocenters. The molecule has 0 radical (unpaired) electrons. The molecule has 136 valence electrons. The van der Waals surface area contributed by atoms with Crippen molar-refractivity contribution in [2.75, 3.05) is 0 Å². The maximum atomic E-state index is 13.0. The number of benzene rings is 1. The van der Waals surface area contributed by atoms with E-state index in [0.717, 1.165) is 35.6 Å². The van der Waals surface area contributed by atoms with E-state index in [4.69, 9.17) is 0 Å². The number of hydrogen-bond donors (Lipinski definition) is 1. The molecular formula is C15H10F3N3O4S. The van der Waals surface area contributed by atoms with Gasteiger partial charge in [0.2, 0.25) is 0 Å². The molecule has 11 heteroatoms. The minimum atomic E-state index is -4.91. The van der Waals surface area contributed by atoms with Crippen LogP contribution in [-0.2, 0) is 0 Å². The molecule has 0 aliphatic heterocycles. The number of hydrazone groups is 1. The minimum Gasteiger partial charge on any atom is -0.293 e. The van der Waals surface area contributed by atoms with Gasteiger partial charge in [0.15, 0.2) is 5.78 Å². The van der Waals surface area contributed by atoms with E-state index in [-0.39, 0.29) is 16.1 Å². The van der Waals surface area contributed by atoms with E-state index < -0.39 is 34.9 Å². The number of thiophene rings is 1. The highest BCUT2D eigenvalue weighted by atomic mass is 32.1. The largest absolute Gasteiger partial charge is 0.431 e. The Labute approximate surface area is 148 Å². The summed E-state index contributed by atoms with van der Waals surface area (Å²) in [5.74, 6) is -1.77. The van der Waals surface area contributed by atoms with Gasteiger partial charge in [-0.25, -0.2) is 5.43 Å². The molecule has 0 saturated carbocycles. The fraction of sp³-hybridized carbons (Fsp3) is 0.133. The molecule has 0 unspecified atom stereocenters. The smallest absolute Gasteiger partial charge is 0.293 e. The molecular weight excluding hydrogens is 375 g/mol. The number of nitro benzene ring substituents is 1. The Morgan fingerprint density at radius 3 is 2.35 bits per heavy atom. The lowest BCUT2D eigenvalue weighted by Crippen LogP contribution is -2.30. The molecule has 0 saturated heterocycles. The number of nitrogens with zero attached hydrogens (tertiary/aromatic N) is 2. The van der Waals surface area contributed by atoms with Crippen molar-refractivity contribution in [2.45, 2.75) is 12.6 Å². The van der Waals surface area contributed by atoms with Crippen LogP contribution in [0.2, 0.25) is 0 Å². The van der Waals surface area contributed by atoms with Crippen LogP contribution < -0.4 is 5.43 Å². The summed E-state index contributed by atoms with van der Waals surface area (Å²) in [7, 11) is 0. The monoisotopic (exact) mass is 385 g/mol. The van der Waals surface area contributed by atoms with Crippen LogP contribution in [0.1, 0.15) is 26.5 Å². The summed E-state index contributed by atoms with van der Waals surface area (Å²) in [6, 6.07) is 7.13. The lowest BCUT2D eigenvalue weighted by Gasteiger charge is -2.10. The number of alkyl halides is 3. The average Bonchev–Trinajstić information content (AvgIpc) is 3.11. The summed E-state index contributed by atoms with van der Waals surface area (Å²) >= 11 is 0.994. The highest BCUT2D eigenvalue weighted by Crippen LogP contribution is 2.22. The van der Waals surface area contributed by atoms with Crippen molar-refractivity contribution in [1.29, 1.82) is 0 Å². The number of Topliss-reactive ketones (excluding diaryl/α,β-unsaturated/α-hetero) is 1. The van der Waals surface area contributed by atoms with Gasteiger partial charge < -0.3 is 0 Å². The number of halogens is 3. The second-order valence-corrected chi connectivity index (χ2v) is 5.83. The van der Waals surface area contributed by atoms with E-state index >= 15 is 0 Å². The first-order valence-electron chi connectivity index (χ1n) is 6.93. The zero-order chi connectivity index (χ0) is 19.3. The van der Waals surface area contributed by atoms with Crippen molar-refractivity contribution in [3.05, 3.63) is 62.3 Å². The van der Waals surface area contributed by atoms with E-state index in [1.54, 1.807) is 10.8 Å². The molecule has 26 heavy (non-hydrogen) atoms. The van der Waals surface area contributed by atoms with Gasteiger partial charge in [-0.05, 0) is 23.6 Å². The number of non-ortho nitro benzene ring substituents is 1. The number of carbonyl (C=O) groups excluding carboxylic acids is 2. The first-order chi connectivity index (χ1) is 12.2. The number of nitro groups is 1. The van der Waals surface area contributed by atoms with Crippen LogP contribution in [0.15, 0.2) is 46.9 Å². The fourth-order valence-electron chi connectivity index (χ4n) is 1.80. The Balaban J connectivity index is 2.13. The Morgan fingerprint density at radius 2 is 1.85 bits per heavy atom. The van der Waals surface area contributed by atoms with Gasteiger partial charge >= 0.3 is 6.18 Å². The van der Waals surface area contributed by atoms with Crippen LogP contribution in [0.3, 0.4) is 0 Å². The van der Waals surface area contributed by atoms with Crippen LogP contribution in [-0.4, -0.2) is 28.5 Å². The molecule has 1 heterocycles. The molecule has 2 rings (SSSR count). The van der Waals surface area contributed by atoms with Gasteiger partial charge in [-0.2, -0.15) is 18.3 Å². The second kappa shape index (κ2) is 7.87. The standard InChI is InChI=1S/C15H10F3N3O4S/c16-15(17,18)13(8-11(22)12-2-1-7-26-12)19-20-14(23)9-3-5-10(6-4-9)21(24)25/h1-7H,8H2,(H,20,23)/b19-13+. The van der Waals surface area contributed by atoms with Gasteiger partial charge in [0.25, 0.3) is 11.6 Å². The Morgan fingerprint density at radius 1 is 1.19 bits per heavy atom. The van der Waals surface area contributed by atoms with E-state index in [0.29, 0.717) is 0 Å². The normalized spacial score (nSPS) is 11.9. The van der Waals surface area contributed by atoms with E-state index in [2.05, 4.69) is 5.10 Å². The van der Waals surface area contributed by atoms with Crippen molar-refractivity contribution in [2.24, 2.45) is 5.10 Å². The van der Waals surface area contributed by atoms with Crippen molar-refractivity contribution in [1.82, 2.24) is 5.43 Å². The van der Waals surface area contributed by atoms with Crippen molar-refractivity contribution in [3.63, 3.8) is 0 Å². The molecule has 1 aromatic carbocycles. The molecule has 0 aliphatic rings. The van der Waals surface area contributed by atoms with E-state index in [1.807, 2.05) is 0 Å². The van der Waals surface area contributed by atoms with E-state index in [9.17, 15) is 32.9 Å². The molecule has 1 amide bonds. The third-order valence-corrected chi connectivity index (χ3v) is 3.99. The molecule has 0 spiro atoms. The molecule has 2 aromatic rings. The van der Waals surface area contributed by atoms with Crippen LogP contribution >= 0.6 is 11.3 Å². The van der Waals surface area contributed by atoms with Gasteiger partial charge in [0.05, 0.1) is 16.2 Å². The lowest BCUT2D eigenvalue weighted by atomic mass is 10.1. The second-order valence-electron chi connectivity index (χ2n) is 4.88. The van der Waals surface area contributed by atoms with Gasteiger partial charge in [0.1, 0.15) is 5.71 Å². The van der Waals surface area contributed by atoms with Crippen molar-refractivity contribution >= 4 is 34.4 Å². The highest BCUT2D eigenvalue weighted by Gasteiger charge is 2.37. The number of amides is 1. The molecule has 0 bridgehead atoms.